The minimum Gasteiger partial charge on any atom is -0.478 e. The molecule has 1 aliphatic carbocycles. The molecule has 2 aliphatic rings. The number of hydrogen-bond donors (Lipinski definition) is 1. The molecular formula is C25H33F3N4O3. The molecule has 2 aromatic rings. The van der Waals surface area contributed by atoms with Crippen LogP contribution < -0.4 is 9.64 Å². The molecule has 0 bridgehead atoms. The molecule has 1 N–H and O–H groups in total. The average molecular weight is 495 g/mol. The first-order chi connectivity index (χ1) is 16.4. The molecule has 0 amide bonds. The predicted octanol–water partition coefficient (Wildman–Crippen LogP) is 5.73. The van der Waals surface area contributed by atoms with Crippen LogP contribution in [0.25, 0.3) is 5.82 Å². The van der Waals surface area contributed by atoms with E-state index in [0.717, 1.165) is 12.8 Å². The van der Waals surface area contributed by atoms with Crippen molar-refractivity contribution in [2.75, 3.05) is 18.1 Å². The molecule has 4 rings (SSSR count). The SMILES string of the molecule is CC[C@H]1CC(C)(C)N(c2nc(-n3ccc(OCCC4(C(F)(F)F)CC4)n3)ccc2C(=O)O)CC1C. The lowest BCUT2D eigenvalue weighted by Gasteiger charge is -2.49. The smallest absolute Gasteiger partial charge is 0.394 e. The van der Waals surface area contributed by atoms with E-state index in [-0.39, 0.29) is 42.9 Å². The van der Waals surface area contributed by atoms with Crippen LogP contribution in [0, 0.1) is 17.3 Å². The van der Waals surface area contributed by atoms with Gasteiger partial charge in [-0.3, -0.25) is 0 Å². The first kappa shape index (κ1) is 25.3. The number of nitrogens with zero attached hydrogens (tertiary/aromatic N) is 4. The van der Waals surface area contributed by atoms with Crippen LogP contribution in [0.1, 0.15) is 70.2 Å². The molecule has 0 radical (unpaired) electrons. The minimum atomic E-state index is -4.21. The number of carboxylic acids is 1. The van der Waals surface area contributed by atoms with Gasteiger partial charge in [-0.15, -0.1) is 5.10 Å². The van der Waals surface area contributed by atoms with E-state index >= 15 is 0 Å². The van der Waals surface area contributed by atoms with E-state index in [1.54, 1.807) is 18.3 Å². The largest absolute Gasteiger partial charge is 0.478 e. The Morgan fingerprint density at radius 2 is 1.97 bits per heavy atom. The zero-order valence-corrected chi connectivity index (χ0v) is 20.6. The molecule has 1 unspecified atom stereocenters. The number of hydrogen-bond acceptors (Lipinski definition) is 5. The highest BCUT2D eigenvalue weighted by molar-refractivity contribution is 5.93. The number of halogens is 3. The molecule has 35 heavy (non-hydrogen) atoms. The van der Waals surface area contributed by atoms with Crippen LogP contribution in [0.4, 0.5) is 19.0 Å². The van der Waals surface area contributed by atoms with Crippen LogP contribution in [0.5, 0.6) is 5.88 Å². The van der Waals surface area contributed by atoms with Crippen LogP contribution in [-0.4, -0.2) is 50.7 Å². The Morgan fingerprint density at radius 3 is 2.57 bits per heavy atom. The standard InChI is InChI=1S/C25H33F3N4O3/c1-5-17-14-23(3,4)31(15-16(17)2)21-18(22(33)34)6-7-19(29-21)32-12-8-20(30-32)35-13-11-24(9-10-24)25(26,27)28/h6-8,12,16-17H,5,9-11,13-15H2,1-4H3,(H,33,34)/t16?,17-/m0/s1. The first-order valence-electron chi connectivity index (χ1n) is 12.1. The third-order valence-corrected chi connectivity index (χ3v) is 7.72. The number of aromatic nitrogens is 3. The number of alkyl halides is 3. The first-order valence-corrected chi connectivity index (χ1v) is 12.1. The Morgan fingerprint density at radius 1 is 1.26 bits per heavy atom. The number of rotatable bonds is 8. The number of pyridine rings is 1. The summed E-state index contributed by atoms with van der Waals surface area (Å²) in [5, 5.41) is 14.1. The third-order valence-electron chi connectivity index (χ3n) is 7.72. The zero-order valence-electron chi connectivity index (χ0n) is 20.6. The van der Waals surface area contributed by atoms with Gasteiger partial charge < -0.3 is 14.7 Å². The van der Waals surface area contributed by atoms with Gasteiger partial charge in [-0.1, -0.05) is 20.3 Å². The highest BCUT2D eigenvalue weighted by Crippen LogP contribution is 2.59. The monoisotopic (exact) mass is 494 g/mol. The van der Waals surface area contributed by atoms with E-state index in [1.165, 1.54) is 10.7 Å². The fourth-order valence-electron chi connectivity index (χ4n) is 5.18. The van der Waals surface area contributed by atoms with E-state index in [9.17, 15) is 23.1 Å². The van der Waals surface area contributed by atoms with Crippen molar-refractivity contribution < 1.29 is 27.8 Å². The molecule has 1 aliphatic heterocycles. The van der Waals surface area contributed by atoms with Crippen molar-refractivity contribution in [1.82, 2.24) is 14.8 Å². The molecule has 2 atom stereocenters. The number of carboxylic acid groups (broad SMARTS) is 1. The van der Waals surface area contributed by atoms with Gasteiger partial charge >= 0.3 is 12.1 Å². The summed E-state index contributed by atoms with van der Waals surface area (Å²) in [4.78, 5) is 18.8. The van der Waals surface area contributed by atoms with Crippen LogP contribution in [0.3, 0.4) is 0 Å². The summed E-state index contributed by atoms with van der Waals surface area (Å²) in [6, 6.07) is 4.66. The van der Waals surface area contributed by atoms with Gasteiger partial charge in [0.15, 0.2) is 5.82 Å². The van der Waals surface area contributed by atoms with E-state index in [2.05, 4.69) is 42.7 Å². The lowest BCUT2D eigenvalue weighted by molar-refractivity contribution is -0.190. The maximum absolute atomic E-state index is 13.1. The Labute approximate surface area is 203 Å². The third kappa shape index (κ3) is 4.97. The van der Waals surface area contributed by atoms with E-state index in [1.807, 2.05) is 0 Å². The second kappa shape index (κ2) is 9.02. The van der Waals surface area contributed by atoms with Crippen molar-refractivity contribution in [1.29, 1.82) is 0 Å². The van der Waals surface area contributed by atoms with Crippen molar-refractivity contribution in [2.45, 2.75) is 71.5 Å². The number of ether oxygens (including phenoxy) is 1. The second-order valence-electron chi connectivity index (χ2n) is 10.6. The quantitative estimate of drug-likeness (QED) is 0.505. The van der Waals surface area contributed by atoms with Gasteiger partial charge in [0, 0.05) is 24.3 Å². The molecule has 192 valence electrons. The Hall–Kier alpha value is -2.78. The predicted molar refractivity (Wildman–Crippen MR) is 125 cm³/mol. The summed E-state index contributed by atoms with van der Waals surface area (Å²) < 4.78 is 46.3. The topological polar surface area (TPSA) is 80.5 Å². The number of anilines is 1. The molecule has 2 aromatic heterocycles. The normalized spacial score (nSPS) is 23.2. The zero-order chi connectivity index (χ0) is 25.6. The second-order valence-corrected chi connectivity index (χ2v) is 10.6. The highest BCUT2D eigenvalue weighted by Gasteiger charge is 2.62. The van der Waals surface area contributed by atoms with Crippen molar-refractivity contribution in [3.8, 4) is 11.7 Å². The van der Waals surface area contributed by atoms with Crippen molar-refractivity contribution >= 4 is 11.8 Å². The lowest BCUT2D eigenvalue weighted by atomic mass is 9.75. The molecular weight excluding hydrogens is 461 g/mol. The summed E-state index contributed by atoms with van der Waals surface area (Å²) in [6.45, 7) is 9.19. The van der Waals surface area contributed by atoms with Crippen molar-refractivity contribution in [2.24, 2.45) is 17.3 Å². The average Bonchev–Trinajstić information content (AvgIpc) is 3.44. The van der Waals surface area contributed by atoms with E-state index < -0.39 is 17.6 Å². The van der Waals surface area contributed by atoms with Gasteiger partial charge in [0.2, 0.25) is 5.88 Å². The number of aromatic carboxylic acids is 1. The molecule has 10 heteroatoms. The minimum absolute atomic E-state index is 0.0778. The van der Waals surface area contributed by atoms with Gasteiger partial charge in [-0.05, 0) is 63.5 Å². The number of piperidine rings is 1. The maximum Gasteiger partial charge on any atom is 0.394 e. The summed E-state index contributed by atoms with van der Waals surface area (Å²) in [6.07, 6.45) is -0.427. The lowest BCUT2D eigenvalue weighted by Crippen LogP contribution is -2.54. The van der Waals surface area contributed by atoms with Crippen LogP contribution in [0.2, 0.25) is 0 Å². The van der Waals surface area contributed by atoms with Crippen molar-refractivity contribution in [3.05, 3.63) is 30.0 Å². The molecule has 1 saturated heterocycles. The fourth-order valence-corrected chi connectivity index (χ4v) is 5.18. The molecule has 0 aromatic carbocycles. The number of carbonyl (C=O) groups is 1. The summed E-state index contributed by atoms with van der Waals surface area (Å²) in [5.74, 6) is 0.886. The summed E-state index contributed by atoms with van der Waals surface area (Å²) >= 11 is 0. The Balaban J connectivity index is 1.54. The summed E-state index contributed by atoms with van der Waals surface area (Å²) in [5.41, 5.74) is -1.78. The molecule has 2 fully saturated rings. The van der Waals surface area contributed by atoms with Crippen molar-refractivity contribution in [3.63, 3.8) is 0 Å². The van der Waals surface area contributed by atoms with E-state index in [0.29, 0.717) is 30.0 Å². The Bertz CT molecular complexity index is 1080. The van der Waals surface area contributed by atoms with Gasteiger partial charge in [0.05, 0.1) is 12.0 Å². The maximum atomic E-state index is 13.1. The Kier molecular flexibility index (Phi) is 6.53. The van der Waals surface area contributed by atoms with Crippen LogP contribution in [-0.2, 0) is 0 Å². The van der Waals surface area contributed by atoms with Crippen LogP contribution in [0.15, 0.2) is 24.4 Å². The fraction of sp³-hybridized carbons (Fsp3) is 0.640. The van der Waals surface area contributed by atoms with Gasteiger partial charge in [-0.25, -0.2) is 14.5 Å². The molecule has 7 nitrogen and oxygen atoms in total. The molecule has 1 saturated carbocycles. The molecule has 0 spiro atoms. The van der Waals surface area contributed by atoms with Crippen LogP contribution >= 0.6 is 0 Å². The summed E-state index contributed by atoms with van der Waals surface area (Å²) in [7, 11) is 0. The molecule has 3 heterocycles. The van der Waals surface area contributed by atoms with E-state index in [4.69, 9.17) is 4.74 Å². The van der Waals surface area contributed by atoms with Gasteiger partial charge in [-0.2, -0.15) is 13.2 Å². The van der Waals surface area contributed by atoms with Gasteiger partial charge in [0.25, 0.3) is 0 Å². The van der Waals surface area contributed by atoms with Gasteiger partial charge in [0.1, 0.15) is 11.4 Å². The highest BCUT2D eigenvalue weighted by atomic mass is 19.4.